The van der Waals surface area contributed by atoms with Crippen molar-refractivity contribution in [3.63, 3.8) is 0 Å². The van der Waals surface area contributed by atoms with E-state index in [9.17, 15) is 0 Å². The monoisotopic (exact) mass is 657 g/mol. The summed E-state index contributed by atoms with van der Waals surface area (Å²) in [4.78, 5) is 5.04. The molecule has 0 amide bonds. The van der Waals surface area contributed by atoms with Gasteiger partial charge in [-0.15, -0.1) is 0 Å². The van der Waals surface area contributed by atoms with Gasteiger partial charge in [0.2, 0.25) is 0 Å². The summed E-state index contributed by atoms with van der Waals surface area (Å²) < 4.78 is 2.07. The molecule has 0 heterocycles. The molecule has 0 rings (SSSR count). The Labute approximate surface area is 287 Å². The van der Waals surface area contributed by atoms with Crippen LogP contribution in [0.25, 0.3) is 0 Å². The zero-order valence-corrected chi connectivity index (χ0v) is 32.2. The summed E-state index contributed by atoms with van der Waals surface area (Å²) in [7, 11) is 0. The van der Waals surface area contributed by atoms with Crippen molar-refractivity contribution in [1.29, 1.82) is 0 Å². The smallest absolute Gasteiger partial charge is 0.143 e. The van der Waals surface area contributed by atoms with Gasteiger partial charge in [0.25, 0.3) is 0 Å². The van der Waals surface area contributed by atoms with Crippen LogP contribution in [0.5, 0.6) is 0 Å². The van der Waals surface area contributed by atoms with Crippen LogP contribution in [-0.4, -0.2) is 44.6 Å². The molecule has 0 fully saturated rings. The summed E-state index contributed by atoms with van der Waals surface area (Å²) in [6, 6.07) is 0. The standard InChI is InChI=1S/C38H76N2S3/c1-5-9-13-17-21-25-29-33-39(34-30-26-22-18-14-10-6-2)37(41)43-38(42)40(35-31-27-23-19-15-11-7-3)36-32-28-24-20-16-12-8-4/h5-36H2,1-4H3. The van der Waals surface area contributed by atoms with Crippen LogP contribution in [-0.2, 0) is 0 Å². The summed E-state index contributed by atoms with van der Waals surface area (Å²) in [5.74, 6) is 0. The van der Waals surface area contributed by atoms with Crippen LogP contribution in [0.15, 0.2) is 0 Å². The third kappa shape index (κ3) is 29.3. The Morgan fingerprint density at radius 2 is 0.512 bits per heavy atom. The van der Waals surface area contributed by atoms with Crippen LogP contribution in [0, 0.1) is 0 Å². The lowest BCUT2D eigenvalue weighted by Crippen LogP contribution is -2.35. The number of rotatable bonds is 32. The molecule has 0 aromatic rings. The molecule has 2 nitrogen and oxygen atoms in total. The van der Waals surface area contributed by atoms with Gasteiger partial charge in [0.15, 0.2) is 0 Å². The first-order valence-electron chi connectivity index (χ1n) is 19.4. The van der Waals surface area contributed by atoms with Gasteiger partial charge < -0.3 is 9.80 Å². The van der Waals surface area contributed by atoms with Gasteiger partial charge in [-0.05, 0) is 37.4 Å². The van der Waals surface area contributed by atoms with Gasteiger partial charge in [0.1, 0.15) is 8.64 Å². The highest BCUT2D eigenvalue weighted by molar-refractivity contribution is 8.37. The minimum atomic E-state index is 1.03. The average Bonchev–Trinajstić information content (AvgIpc) is 3.00. The van der Waals surface area contributed by atoms with E-state index < -0.39 is 0 Å². The summed E-state index contributed by atoms with van der Waals surface area (Å²) in [6.45, 7) is 13.6. The molecule has 0 aliphatic heterocycles. The van der Waals surface area contributed by atoms with Crippen molar-refractivity contribution in [3.05, 3.63) is 0 Å². The summed E-state index contributed by atoms with van der Waals surface area (Å²) in [5, 5.41) is 0. The number of unbranched alkanes of at least 4 members (excludes halogenated alkanes) is 24. The molecule has 256 valence electrons. The predicted molar refractivity (Wildman–Crippen MR) is 208 cm³/mol. The van der Waals surface area contributed by atoms with Crippen molar-refractivity contribution in [2.24, 2.45) is 0 Å². The van der Waals surface area contributed by atoms with Crippen LogP contribution < -0.4 is 0 Å². The second-order valence-corrected chi connectivity index (χ2v) is 15.4. The van der Waals surface area contributed by atoms with Gasteiger partial charge in [-0.2, -0.15) is 0 Å². The first kappa shape index (κ1) is 43.1. The molecule has 0 aromatic heterocycles. The molecule has 0 aliphatic carbocycles. The number of thioether (sulfide) groups is 1. The number of thiocarbonyl (C=S) groups is 2. The fraction of sp³-hybridized carbons (Fsp3) is 0.947. The molecular weight excluding hydrogens is 581 g/mol. The molecule has 0 unspecified atom stereocenters. The maximum atomic E-state index is 6.11. The molecule has 0 bridgehead atoms. The molecule has 0 N–H and O–H groups in total. The van der Waals surface area contributed by atoms with Gasteiger partial charge >= 0.3 is 0 Å². The second kappa shape index (κ2) is 35.0. The van der Waals surface area contributed by atoms with E-state index in [-0.39, 0.29) is 0 Å². The summed E-state index contributed by atoms with van der Waals surface area (Å²) >= 11 is 13.9. The Morgan fingerprint density at radius 3 is 0.721 bits per heavy atom. The Hall–Kier alpha value is 0.130. The summed E-state index contributed by atoms with van der Waals surface area (Å²) in [6.07, 6.45) is 37.8. The Morgan fingerprint density at radius 1 is 0.326 bits per heavy atom. The van der Waals surface area contributed by atoms with Crippen molar-refractivity contribution in [2.75, 3.05) is 26.2 Å². The molecule has 0 atom stereocenters. The molecule has 0 radical (unpaired) electrons. The third-order valence-electron chi connectivity index (χ3n) is 8.82. The molecule has 43 heavy (non-hydrogen) atoms. The van der Waals surface area contributed by atoms with E-state index in [0.29, 0.717) is 0 Å². The van der Waals surface area contributed by atoms with Crippen molar-refractivity contribution in [2.45, 2.75) is 207 Å². The molecule has 0 saturated carbocycles. The van der Waals surface area contributed by atoms with Crippen LogP contribution in [0.1, 0.15) is 207 Å². The van der Waals surface area contributed by atoms with E-state index in [1.165, 1.54) is 180 Å². The minimum absolute atomic E-state index is 1.03. The molecule has 0 aliphatic rings. The molecule has 5 heteroatoms. The fourth-order valence-electron chi connectivity index (χ4n) is 5.83. The van der Waals surface area contributed by atoms with Gasteiger partial charge in [-0.25, -0.2) is 0 Å². The van der Waals surface area contributed by atoms with Crippen molar-refractivity contribution in [3.8, 4) is 0 Å². The Bertz CT molecular complexity index is 512. The molecular formula is C38H76N2S3. The van der Waals surface area contributed by atoms with E-state index >= 15 is 0 Å². The molecule has 0 saturated heterocycles. The number of hydrogen-bond acceptors (Lipinski definition) is 3. The Balaban J connectivity index is 4.89. The maximum Gasteiger partial charge on any atom is 0.143 e. The van der Waals surface area contributed by atoms with E-state index in [0.717, 1.165) is 34.8 Å². The van der Waals surface area contributed by atoms with Crippen molar-refractivity contribution in [1.82, 2.24) is 9.80 Å². The van der Waals surface area contributed by atoms with Crippen LogP contribution in [0.3, 0.4) is 0 Å². The lowest BCUT2D eigenvalue weighted by Gasteiger charge is -2.29. The van der Waals surface area contributed by atoms with Crippen molar-refractivity contribution < 1.29 is 0 Å². The van der Waals surface area contributed by atoms with Crippen LogP contribution in [0.4, 0.5) is 0 Å². The van der Waals surface area contributed by atoms with Gasteiger partial charge in [-0.1, -0.05) is 206 Å². The van der Waals surface area contributed by atoms with Crippen LogP contribution >= 0.6 is 36.2 Å². The summed E-state index contributed by atoms with van der Waals surface area (Å²) in [5.41, 5.74) is 0. The molecule has 0 aromatic carbocycles. The highest BCUT2D eigenvalue weighted by Crippen LogP contribution is 2.20. The number of nitrogens with zero attached hydrogens (tertiary/aromatic N) is 2. The number of hydrogen-bond donors (Lipinski definition) is 0. The van der Waals surface area contributed by atoms with Gasteiger partial charge in [-0.3, -0.25) is 0 Å². The second-order valence-electron chi connectivity index (χ2n) is 13.1. The highest BCUT2D eigenvalue weighted by Gasteiger charge is 2.17. The maximum absolute atomic E-state index is 6.11. The Kier molecular flexibility index (Phi) is 35.1. The minimum Gasteiger partial charge on any atom is -0.357 e. The SMILES string of the molecule is CCCCCCCCCN(CCCCCCCCC)C(=S)SC(=S)N(CCCCCCCCC)CCCCCCCCC. The van der Waals surface area contributed by atoms with E-state index in [1.54, 1.807) is 11.8 Å². The largest absolute Gasteiger partial charge is 0.357 e. The third-order valence-corrected chi connectivity index (χ3v) is 10.7. The lowest BCUT2D eigenvalue weighted by molar-refractivity contribution is 0.392. The zero-order valence-electron chi connectivity index (χ0n) is 29.7. The normalized spacial score (nSPS) is 11.3. The van der Waals surface area contributed by atoms with Crippen LogP contribution in [0.2, 0.25) is 0 Å². The average molecular weight is 657 g/mol. The van der Waals surface area contributed by atoms with E-state index in [2.05, 4.69) is 37.5 Å². The van der Waals surface area contributed by atoms with Crippen molar-refractivity contribution >= 4 is 44.8 Å². The van der Waals surface area contributed by atoms with E-state index in [1.807, 2.05) is 0 Å². The predicted octanol–water partition coefficient (Wildman–Crippen LogP) is 13.9. The van der Waals surface area contributed by atoms with Gasteiger partial charge in [0, 0.05) is 26.2 Å². The van der Waals surface area contributed by atoms with E-state index in [4.69, 9.17) is 24.4 Å². The van der Waals surface area contributed by atoms with Gasteiger partial charge in [0.05, 0.1) is 0 Å². The lowest BCUT2D eigenvalue weighted by atomic mass is 10.1. The first-order chi connectivity index (χ1) is 21.1. The molecule has 0 spiro atoms. The zero-order chi connectivity index (χ0) is 31.6. The highest BCUT2D eigenvalue weighted by atomic mass is 32.2. The quantitative estimate of drug-likeness (QED) is 0.0523. The topological polar surface area (TPSA) is 6.48 Å². The fourth-order valence-corrected chi connectivity index (χ4v) is 7.60. The first-order valence-corrected chi connectivity index (χ1v) is 21.0.